The Hall–Kier alpha value is -2.08. The van der Waals surface area contributed by atoms with Crippen molar-refractivity contribution >= 4 is 23.4 Å². The van der Waals surface area contributed by atoms with Crippen LogP contribution in [0.25, 0.3) is 0 Å². The highest BCUT2D eigenvalue weighted by atomic mass is 35.5. The fourth-order valence-corrected chi connectivity index (χ4v) is 1.72. The molecule has 1 aromatic heterocycles. The number of hydrogen-bond donors (Lipinski definition) is 2. The zero-order valence-electron chi connectivity index (χ0n) is 10.9. The summed E-state index contributed by atoms with van der Waals surface area (Å²) in [5.41, 5.74) is 5.61. The molecule has 0 aliphatic rings. The van der Waals surface area contributed by atoms with Crippen LogP contribution in [0.3, 0.4) is 0 Å². The molecular formula is C13H14ClFN4O. The smallest absolute Gasteiger partial charge is 0.226 e. The highest BCUT2D eigenvalue weighted by Gasteiger charge is 2.08. The molecule has 0 fully saturated rings. The fraction of sp³-hybridized carbons (Fsp3) is 0.231. The molecule has 0 aliphatic carbocycles. The molecular weight excluding hydrogens is 283 g/mol. The van der Waals surface area contributed by atoms with Crippen LogP contribution in [0.15, 0.2) is 24.3 Å². The first-order valence-corrected chi connectivity index (χ1v) is 6.47. The van der Waals surface area contributed by atoms with Gasteiger partial charge in [-0.1, -0.05) is 18.5 Å². The predicted molar refractivity (Wildman–Crippen MR) is 76.7 cm³/mol. The number of rotatable bonds is 5. The largest absolute Gasteiger partial charge is 0.437 e. The van der Waals surface area contributed by atoms with Crippen molar-refractivity contribution in [1.82, 2.24) is 9.97 Å². The van der Waals surface area contributed by atoms with E-state index in [4.69, 9.17) is 22.1 Å². The molecule has 5 nitrogen and oxygen atoms in total. The van der Waals surface area contributed by atoms with Crippen molar-refractivity contribution in [2.24, 2.45) is 0 Å². The van der Waals surface area contributed by atoms with Crippen molar-refractivity contribution in [2.75, 3.05) is 17.6 Å². The molecule has 0 saturated heterocycles. The highest BCUT2D eigenvalue weighted by Crippen LogP contribution is 2.29. The molecule has 0 spiro atoms. The maximum Gasteiger partial charge on any atom is 0.226 e. The van der Waals surface area contributed by atoms with Crippen molar-refractivity contribution in [1.29, 1.82) is 0 Å². The Balaban J connectivity index is 2.21. The summed E-state index contributed by atoms with van der Waals surface area (Å²) < 4.78 is 18.5. The lowest BCUT2D eigenvalue weighted by atomic mass is 10.3. The molecule has 2 aromatic rings. The van der Waals surface area contributed by atoms with Crippen molar-refractivity contribution in [2.45, 2.75) is 13.3 Å². The van der Waals surface area contributed by atoms with Crippen molar-refractivity contribution in [3.8, 4) is 11.6 Å². The van der Waals surface area contributed by atoms with Gasteiger partial charge in [-0.3, -0.25) is 0 Å². The van der Waals surface area contributed by atoms with Gasteiger partial charge >= 0.3 is 0 Å². The van der Waals surface area contributed by atoms with E-state index in [1.54, 1.807) is 6.07 Å². The molecule has 1 aromatic carbocycles. The lowest BCUT2D eigenvalue weighted by Crippen LogP contribution is -2.05. The van der Waals surface area contributed by atoms with Crippen LogP contribution in [0.2, 0.25) is 5.02 Å². The second-order valence-corrected chi connectivity index (χ2v) is 4.46. The average Bonchev–Trinajstić information content (AvgIpc) is 2.39. The van der Waals surface area contributed by atoms with Crippen LogP contribution in [0.1, 0.15) is 13.3 Å². The zero-order chi connectivity index (χ0) is 14.5. The van der Waals surface area contributed by atoms with Crippen LogP contribution in [-0.2, 0) is 0 Å². The molecule has 20 heavy (non-hydrogen) atoms. The van der Waals surface area contributed by atoms with E-state index in [1.165, 1.54) is 12.1 Å². The summed E-state index contributed by atoms with van der Waals surface area (Å²) in [4.78, 5) is 7.98. The maximum absolute atomic E-state index is 13.0. The Labute approximate surface area is 120 Å². The quantitative estimate of drug-likeness (QED) is 0.884. The van der Waals surface area contributed by atoms with E-state index in [1.807, 2.05) is 6.92 Å². The summed E-state index contributed by atoms with van der Waals surface area (Å²) in [6.07, 6.45) is 0.948. The van der Waals surface area contributed by atoms with E-state index in [9.17, 15) is 4.39 Å². The Kier molecular flexibility index (Phi) is 4.57. The van der Waals surface area contributed by atoms with Crippen LogP contribution < -0.4 is 15.8 Å². The molecule has 0 atom stereocenters. The number of halogens is 2. The topological polar surface area (TPSA) is 73.1 Å². The van der Waals surface area contributed by atoms with Crippen molar-refractivity contribution < 1.29 is 9.13 Å². The minimum absolute atomic E-state index is 0.0827. The number of nitrogens with one attached hydrogen (secondary N) is 1. The van der Waals surface area contributed by atoms with Gasteiger partial charge in [0.1, 0.15) is 17.4 Å². The first-order chi connectivity index (χ1) is 9.58. The number of nitrogen functional groups attached to an aromatic ring is 1. The number of aromatic nitrogens is 2. The Morgan fingerprint density at radius 2 is 2.15 bits per heavy atom. The lowest BCUT2D eigenvalue weighted by Gasteiger charge is -2.09. The Morgan fingerprint density at radius 3 is 2.85 bits per heavy atom. The number of ether oxygens (including phenoxy) is 1. The first-order valence-electron chi connectivity index (χ1n) is 6.10. The number of nitrogens with zero attached hydrogens (tertiary/aromatic N) is 2. The van der Waals surface area contributed by atoms with Gasteiger partial charge < -0.3 is 15.8 Å². The summed E-state index contributed by atoms with van der Waals surface area (Å²) in [7, 11) is 0. The summed E-state index contributed by atoms with van der Waals surface area (Å²) in [6, 6.07) is 5.44. The fourth-order valence-electron chi connectivity index (χ4n) is 1.51. The van der Waals surface area contributed by atoms with Gasteiger partial charge in [-0.25, -0.2) is 4.39 Å². The van der Waals surface area contributed by atoms with Gasteiger partial charge in [-0.2, -0.15) is 9.97 Å². The molecule has 3 N–H and O–H groups in total. The number of hydrogen-bond acceptors (Lipinski definition) is 5. The van der Waals surface area contributed by atoms with Gasteiger partial charge in [-0.15, -0.1) is 0 Å². The van der Waals surface area contributed by atoms with Crippen molar-refractivity contribution in [3.05, 3.63) is 35.1 Å². The molecule has 7 heteroatoms. The van der Waals surface area contributed by atoms with Crippen LogP contribution >= 0.6 is 11.6 Å². The minimum Gasteiger partial charge on any atom is -0.437 e. The number of nitrogens with two attached hydrogens (primary N) is 1. The average molecular weight is 297 g/mol. The molecule has 1 heterocycles. The third-order valence-electron chi connectivity index (χ3n) is 2.38. The first kappa shape index (κ1) is 14.3. The second kappa shape index (κ2) is 6.38. The van der Waals surface area contributed by atoms with E-state index in [-0.39, 0.29) is 16.9 Å². The Bertz CT molecular complexity index is 609. The third kappa shape index (κ3) is 3.71. The standard InChI is InChI=1S/C13H14ClFN4O/c1-2-5-17-11-7-12(19-13(16)18-11)20-10-4-3-8(15)6-9(10)14/h3-4,6-7H,2,5H2,1H3,(H3,16,17,18,19). The SMILES string of the molecule is CCCNc1cc(Oc2ccc(F)cc2Cl)nc(N)n1. The molecule has 0 radical (unpaired) electrons. The van der Waals surface area contributed by atoms with Gasteiger partial charge in [0.15, 0.2) is 0 Å². The Morgan fingerprint density at radius 1 is 1.35 bits per heavy atom. The normalized spacial score (nSPS) is 10.3. The van der Waals surface area contributed by atoms with Crippen molar-refractivity contribution in [3.63, 3.8) is 0 Å². The molecule has 0 saturated carbocycles. The van der Waals surface area contributed by atoms with Crippen LogP contribution in [0.5, 0.6) is 11.6 Å². The molecule has 0 bridgehead atoms. The van der Waals surface area contributed by atoms with Gasteiger partial charge in [0.25, 0.3) is 0 Å². The monoisotopic (exact) mass is 296 g/mol. The summed E-state index contributed by atoms with van der Waals surface area (Å²) in [6.45, 7) is 2.79. The van der Waals surface area contributed by atoms with Crippen LogP contribution in [0.4, 0.5) is 16.2 Å². The van der Waals surface area contributed by atoms with E-state index in [2.05, 4.69) is 15.3 Å². The zero-order valence-corrected chi connectivity index (χ0v) is 11.6. The minimum atomic E-state index is -0.435. The highest BCUT2D eigenvalue weighted by molar-refractivity contribution is 6.32. The molecule has 0 amide bonds. The maximum atomic E-state index is 13.0. The van der Waals surface area contributed by atoms with E-state index in [0.717, 1.165) is 19.0 Å². The third-order valence-corrected chi connectivity index (χ3v) is 2.68. The van der Waals surface area contributed by atoms with Crippen LogP contribution in [-0.4, -0.2) is 16.5 Å². The molecule has 0 unspecified atom stereocenters. The van der Waals surface area contributed by atoms with E-state index < -0.39 is 5.82 Å². The molecule has 106 valence electrons. The molecule has 0 aliphatic heterocycles. The number of benzene rings is 1. The van der Waals surface area contributed by atoms with Gasteiger partial charge in [0.05, 0.1) is 5.02 Å². The summed E-state index contributed by atoms with van der Waals surface area (Å²) >= 11 is 5.89. The van der Waals surface area contributed by atoms with Crippen LogP contribution in [0, 0.1) is 5.82 Å². The second-order valence-electron chi connectivity index (χ2n) is 4.05. The van der Waals surface area contributed by atoms with Gasteiger partial charge in [0, 0.05) is 12.6 Å². The molecule has 2 rings (SSSR count). The van der Waals surface area contributed by atoms with E-state index in [0.29, 0.717) is 11.6 Å². The summed E-state index contributed by atoms with van der Waals surface area (Å²) in [5.74, 6) is 0.749. The van der Waals surface area contributed by atoms with Gasteiger partial charge in [0.2, 0.25) is 11.8 Å². The number of anilines is 2. The summed E-state index contributed by atoms with van der Waals surface area (Å²) in [5, 5.41) is 3.24. The van der Waals surface area contributed by atoms with Gasteiger partial charge in [-0.05, 0) is 24.6 Å². The predicted octanol–water partition coefficient (Wildman–Crippen LogP) is 3.47. The lowest BCUT2D eigenvalue weighted by molar-refractivity contribution is 0.461. The van der Waals surface area contributed by atoms with E-state index >= 15 is 0 Å².